The number of amides is 1. The molecule has 0 aliphatic rings. The van der Waals surface area contributed by atoms with Crippen molar-refractivity contribution in [2.75, 3.05) is 6.61 Å². The van der Waals surface area contributed by atoms with Gasteiger partial charge in [-0.1, -0.05) is 48.0 Å². The molecule has 7 nitrogen and oxygen atoms in total. The summed E-state index contributed by atoms with van der Waals surface area (Å²) in [6, 6.07) is 13.6. The van der Waals surface area contributed by atoms with Crippen molar-refractivity contribution in [1.82, 2.24) is 20.1 Å². The van der Waals surface area contributed by atoms with Crippen molar-refractivity contribution in [1.29, 1.82) is 0 Å². The number of halogens is 1. The minimum atomic E-state index is -1.01. The van der Waals surface area contributed by atoms with Crippen LogP contribution >= 0.6 is 11.6 Å². The maximum absolute atomic E-state index is 12.7. The van der Waals surface area contributed by atoms with E-state index in [0.29, 0.717) is 17.8 Å². The molecule has 0 bridgehead atoms. The molecule has 0 saturated carbocycles. The van der Waals surface area contributed by atoms with Gasteiger partial charge in [-0.05, 0) is 38.5 Å². The fourth-order valence-corrected chi connectivity index (χ4v) is 3.42. The zero-order valence-electron chi connectivity index (χ0n) is 17.1. The van der Waals surface area contributed by atoms with Crippen molar-refractivity contribution in [3.63, 3.8) is 0 Å². The van der Waals surface area contributed by atoms with Gasteiger partial charge in [-0.25, -0.2) is 9.78 Å². The molecule has 3 aromatic rings. The Kier molecular flexibility index (Phi) is 6.84. The highest BCUT2D eigenvalue weighted by Crippen LogP contribution is 2.24. The van der Waals surface area contributed by atoms with Crippen LogP contribution < -0.4 is 5.32 Å². The highest BCUT2D eigenvalue weighted by Gasteiger charge is 2.30. The molecule has 1 atom stereocenters. The summed E-state index contributed by atoms with van der Waals surface area (Å²) in [4.78, 5) is 29.5. The summed E-state index contributed by atoms with van der Waals surface area (Å²) in [5, 5.41) is 7.51. The number of nitrogens with one attached hydrogen (secondary N) is 1. The Morgan fingerprint density at radius 2 is 1.87 bits per heavy atom. The smallest absolute Gasteiger partial charge is 0.333 e. The molecule has 156 valence electrons. The fraction of sp³-hybridized carbons (Fsp3) is 0.273. The summed E-state index contributed by atoms with van der Waals surface area (Å²) in [5.74, 6) is -1.08. The Morgan fingerprint density at radius 1 is 1.13 bits per heavy atom. The maximum atomic E-state index is 12.7. The maximum Gasteiger partial charge on any atom is 0.333 e. The molecule has 2 aromatic heterocycles. The normalized spacial score (nSPS) is 11.7. The van der Waals surface area contributed by atoms with Crippen LogP contribution in [0.15, 0.2) is 48.5 Å². The van der Waals surface area contributed by atoms with Gasteiger partial charge in [0.1, 0.15) is 10.8 Å². The van der Waals surface area contributed by atoms with Crippen molar-refractivity contribution in [2.45, 2.75) is 33.4 Å². The zero-order valence-corrected chi connectivity index (χ0v) is 17.8. The minimum absolute atomic E-state index is 0.115. The Morgan fingerprint density at radius 3 is 2.53 bits per heavy atom. The zero-order chi connectivity index (χ0) is 21.7. The van der Waals surface area contributed by atoms with Crippen LogP contribution in [0.3, 0.4) is 0 Å². The van der Waals surface area contributed by atoms with E-state index in [1.807, 2.05) is 41.9 Å². The van der Waals surface area contributed by atoms with E-state index >= 15 is 0 Å². The van der Waals surface area contributed by atoms with Crippen LogP contribution in [-0.4, -0.2) is 33.2 Å². The topological polar surface area (TPSA) is 86.1 Å². The number of aromatic nitrogens is 3. The van der Waals surface area contributed by atoms with Crippen molar-refractivity contribution >= 4 is 23.5 Å². The van der Waals surface area contributed by atoms with E-state index in [9.17, 15) is 9.59 Å². The lowest BCUT2D eigenvalue weighted by Crippen LogP contribution is -2.36. The molecule has 3 rings (SSSR count). The number of ether oxygens (including phenoxy) is 1. The summed E-state index contributed by atoms with van der Waals surface area (Å²) >= 11 is 5.89. The molecule has 1 aromatic carbocycles. The van der Waals surface area contributed by atoms with Crippen LogP contribution in [0.25, 0.3) is 0 Å². The summed E-state index contributed by atoms with van der Waals surface area (Å²) in [6.45, 7) is 6.13. The second-order valence-corrected chi connectivity index (χ2v) is 7.12. The Labute approximate surface area is 180 Å². The number of hydrogen-bond acceptors (Lipinski definition) is 5. The third kappa shape index (κ3) is 4.86. The van der Waals surface area contributed by atoms with Gasteiger partial charge in [-0.15, -0.1) is 0 Å². The van der Waals surface area contributed by atoms with E-state index in [2.05, 4.69) is 15.4 Å². The molecule has 30 heavy (non-hydrogen) atoms. The van der Waals surface area contributed by atoms with Gasteiger partial charge in [0.15, 0.2) is 6.04 Å². The molecule has 8 heteroatoms. The third-order valence-electron chi connectivity index (χ3n) is 4.65. The average Bonchev–Trinajstić information content (AvgIpc) is 3.00. The summed E-state index contributed by atoms with van der Waals surface area (Å²) in [7, 11) is 0. The molecule has 0 spiro atoms. The minimum Gasteiger partial charge on any atom is -0.464 e. The first-order chi connectivity index (χ1) is 14.4. The van der Waals surface area contributed by atoms with Crippen LogP contribution in [-0.2, 0) is 16.1 Å². The highest BCUT2D eigenvalue weighted by molar-refractivity contribution is 6.29. The predicted octanol–water partition coefficient (Wildman–Crippen LogP) is 3.63. The molecule has 0 saturated heterocycles. The van der Waals surface area contributed by atoms with E-state index in [0.717, 1.165) is 11.3 Å². The number of nitrogens with zero attached hydrogens (tertiary/aromatic N) is 3. The fourth-order valence-electron chi connectivity index (χ4n) is 3.25. The van der Waals surface area contributed by atoms with Crippen molar-refractivity contribution in [3.05, 3.63) is 81.9 Å². The molecule has 1 amide bonds. The molecule has 0 aliphatic carbocycles. The van der Waals surface area contributed by atoms with Gasteiger partial charge in [-0.3, -0.25) is 9.48 Å². The standard InChI is InChI=1S/C22H23ClN4O3/c1-4-30-22(29)20(25-21(28)17-11-8-12-18(23)24-17)19-14(2)26-27(15(19)3)13-16-9-6-5-7-10-16/h5-12,20H,4,13H2,1-3H3,(H,25,28). The summed E-state index contributed by atoms with van der Waals surface area (Å²) in [6.07, 6.45) is 0. The van der Waals surface area contributed by atoms with Crippen molar-refractivity contribution in [3.8, 4) is 0 Å². The number of aryl methyl sites for hydroxylation is 1. The van der Waals surface area contributed by atoms with Gasteiger partial charge >= 0.3 is 5.97 Å². The Hall–Kier alpha value is -3.19. The van der Waals surface area contributed by atoms with Crippen LogP contribution in [0.1, 0.15) is 46.0 Å². The van der Waals surface area contributed by atoms with Crippen molar-refractivity contribution in [2.24, 2.45) is 0 Å². The van der Waals surface area contributed by atoms with E-state index in [1.54, 1.807) is 26.0 Å². The van der Waals surface area contributed by atoms with Crippen LogP contribution in [0.4, 0.5) is 0 Å². The quantitative estimate of drug-likeness (QED) is 0.460. The van der Waals surface area contributed by atoms with Crippen LogP contribution in [0, 0.1) is 13.8 Å². The van der Waals surface area contributed by atoms with E-state index in [1.165, 1.54) is 6.07 Å². The molecule has 2 heterocycles. The first kappa shape index (κ1) is 21.5. The van der Waals surface area contributed by atoms with E-state index < -0.39 is 17.9 Å². The molecule has 1 unspecified atom stereocenters. The van der Waals surface area contributed by atoms with Gasteiger partial charge in [0, 0.05) is 11.3 Å². The van der Waals surface area contributed by atoms with Crippen molar-refractivity contribution < 1.29 is 14.3 Å². The predicted molar refractivity (Wildman–Crippen MR) is 113 cm³/mol. The van der Waals surface area contributed by atoms with E-state index in [-0.39, 0.29) is 17.5 Å². The van der Waals surface area contributed by atoms with Crippen LogP contribution in [0.2, 0.25) is 5.15 Å². The lowest BCUT2D eigenvalue weighted by molar-refractivity contribution is -0.145. The number of carbonyl (C=O) groups is 2. The largest absolute Gasteiger partial charge is 0.464 e. The lowest BCUT2D eigenvalue weighted by Gasteiger charge is -2.18. The molecule has 0 aliphatic heterocycles. The lowest BCUT2D eigenvalue weighted by atomic mass is 10.0. The summed E-state index contributed by atoms with van der Waals surface area (Å²) in [5.41, 5.74) is 3.22. The SMILES string of the molecule is CCOC(=O)C(NC(=O)c1cccc(Cl)n1)c1c(C)nn(Cc2ccccc2)c1C. The molecule has 0 radical (unpaired) electrons. The van der Waals surface area contributed by atoms with Gasteiger partial charge in [0.25, 0.3) is 5.91 Å². The average molecular weight is 427 g/mol. The second-order valence-electron chi connectivity index (χ2n) is 6.73. The second kappa shape index (κ2) is 9.54. The van der Waals surface area contributed by atoms with E-state index in [4.69, 9.17) is 16.3 Å². The summed E-state index contributed by atoms with van der Waals surface area (Å²) < 4.78 is 7.03. The molecule has 1 N–H and O–H groups in total. The third-order valence-corrected chi connectivity index (χ3v) is 4.86. The first-order valence-electron chi connectivity index (χ1n) is 9.58. The Balaban J connectivity index is 1.94. The number of pyridine rings is 1. The Bertz CT molecular complexity index is 1050. The van der Waals surface area contributed by atoms with Gasteiger partial charge in [-0.2, -0.15) is 5.10 Å². The number of rotatable bonds is 7. The number of hydrogen-bond donors (Lipinski definition) is 1. The number of benzene rings is 1. The molecule has 0 fully saturated rings. The highest BCUT2D eigenvalue weighted by atomic mass is 35.5. The molecular weight excluding hydrogens is 404 g/mol. The van der Waals surface area contributed by atoms with Gasteiger partial charge in [0.05, 0.1) is 18.8 Å². The number of carbonyl (C=O) groups excluding carboxylic acids is 2. The first-order valence-corrected chi connectivity index (χ1v) is 9.96. The van der Waals surface area contributed by atoms with Gasteiger partial charge < -0.3 is 10.1 Å². The number of esters is 1. The van der Waals surface area contributed by atoms with Crippen LogP contribution in [0.5, 0.6) is 0 Å². The molecular formula is C22H23ClN4O3. The monoisotopic (exact) mass is 426 g/mol. The van der Waals surface area contributed by atoms with Gasteiger partial charge in [0.2, 0.25) is 0 Å².